The summed E-state index contributed by atoms with van der Waals surface area (Å²) in [5.74, 6) is 1.44. The molecule has 4 rings (SSSR count). The van der Waals surface area contributed by atoms with Crippen LogP contribution in [0.3, 0.4) is 0 Å². The molecule has 8 heteroatoms. The highest BCUT2D eigenvalue weighted by molar-refractivity contribution is 7.92. The second kappa shape index (κ2) is 9.07. The zero-order chi connectivity index (χ0) is 22.6. The molecule has 0 saturated carbocycles. The SMILES string of the molecule is CN(c1ccccc1)c1cc(Nc2cccc(-c3cccc(NS(C)(=O)=O)c3)c2)ncn1. The molecule has 0 atom stereocenters. The van der Waals surface area contributed by atoms with Crippen LogP contribution in [-0.2, 0) is 10.0 Å². The predicted octanol–water partition coefficient (Wildman–Crippen LogP) is 5.03. The second-order valence-electron chi connectivity index (χ2n) is 7.32. The summed E-state index contributed by atoms with van der Waals surface area (Å²) in [6.45, 7) is 0. The lowest BCUT2D eigenvalue weighted by atomic mass is 10.0. The van der Waals surface area contributed by atoms with Gasteiger partial charge in [-0.15, -0.1) is 0 Å². The minimum Gasteiger partial charge on any atom is -0.340 e. The molecule has 0 amide bonds. The first-order valence-corrected chi connectivity index (χ1v) is 11.8. The third kappa shape index (κ3) is 5.41. The maximum atomic E-state index is 11.5. The van der Waals surface area contributed by atoms with Crippen LogP contribution in [-0.4, -0.2) is 31.7 Å². The first-order valence-electron chi connectivity index (χ1n) is 9.93. The molecule has 2 N–H and O–H groups in total. The summed E-state index contributed by atoms with van der Waals surface area (Å²) in [4.78, 5) is 10.7. The Morgan fingerprint density at radius 3 is 2.12 bits per heavy atom. The number of hydrogen-bond acceptors (Lipinski definition) is 6. The van der Waals surface area contributed by atoms with E-state index < -0.39 is 10.0 Å². The quantitative estimate of drug-likeness (QED) is 0.415. The molecule has 0 bridgehead atoms. The summed E-state index contributed by atoms with van der Waals surface area (Å²) < 4.78 is 25.6. The van der Waals surface area contributed by atoms with Crippen molar-refractivity contribution < 1.29 is 8.42 Å². The standard InChI is InChI=1S/C24H23N5O2S/c1-29(22-12-4-3-5-13-22)24-16-23(25-17-26-24)27-20-10-6-8-18(14-20)19-9-7-11-21(15-19)28-32(2,30)31/h3-17,28H,1-2H3,(H,25,26,27). The van der Waals surface area contributed by atoms with Gasteiger partial charge in [0.05, 0.1) is 6.26 Å². The average molecular weight is 446 g/mol. The smallest absolute Gasteiger partial charge is 0.229 e. The van der Waals surface area contributed by atoms with Gasteiger partial charge in [-0.25, -0.2) is 18.4 Å². The summed E-state index contributed by atoms with van der Waals surface area (Å²) >= 11 is 0. The van der Waals surface area contributed by atoms with E-state index >= 15 is 0 Å². The van der Waals surface area contributed by atoms with Crippen LogP contribution in [0.2, 0.25) is 0 Å². The van der Waals surface area contributed by atoms with Crippen LogP contribution < -0.4 is 14.9 Å². The second-order valence-corrected chi connectivity index (χ2v) is 9.07. The molecule has 32 heavy (non-hydrogen) atoms. The molecule has 0 aliphatic heterocycles. The van der Waals surface area contributed by atoms with Gasteiger partial charge in [0.15, 0.2) is 0 Å². The molecule has 3 aromatic carbocycles. The molecule has 7 nitrogen and oxygen atoms in total. The molecule has 1 heterocycles. The summed E-state index contributed by atoms with van der Waals surface area (Å²) in [5, 5.41) is 3.32. The number of anilines is 5. The highest BCUT2D eigenvalue weighted by Crippen LogP contribution is 2.28. The number of para-hydroxylation sites is 1. The van der Waals surface area contributed by atoms with Gasteiger partial charge in [-0.05, 0) is 47.5 Å². The van der Waals surface area contributed by atoms with E-state index in [-0.39, 0.29) is 0 Å². The molecule has 162 valence electrons. The number of nitrogens with zero attached hydrogens (tertiary/aromatic N) is 3. The largest absolute Gasteiger partial charge is 0.340 e. The number of sulfonamides is 1. The van der Waals surface area contributed by atoms with Gasteiger partial charge in [0, 0.05) is 30.2 Å². The fraction of sp³-hybridized carbons (Fsp3) is 0.0833. The fourth-order valence-corrected chi connectivity index (χ4v) is 3.84. The molecular formula is C24H23N5O2S. The number of benzene rings is 3. The van der Waals surface area contributed by atoms with Crippen LogP contribution >= 0.6 is 0 Å². The van der Waals surface area contributed by atoms with Crippen molar-refractivity contribution in [2.45, 2.75) is 0 Å². The predicted molar refractivity (Wildman–Crippen MR) is 130 cm³/mol. The number of rotatable bonds is 7. The summed E-state index contributed by atoms with van der Waals surface area (Å²) in [6, 6.07) is 27.0. The molecule has 4 aromatic rings. The topological polar surface area (TPSA) is 87.2 Å². The Morgan fingerprint density at radius 1 is 0.781 bits per heavy atom. The molecule has 0 saturated heterocycles. The maximum absolute atomic E-state index is 11.5. The van der Waals surface area contributed by atoms with E-state index in [1.54, 1.807) is 12.1 Å². The Morgan fingerprint density at radius 2 is 1.44 bits per heavy atom. The van der Waals surface area contributed by atoms with Gasteiger partial charge >= 0.3 is 0 Å². The Bertz CT molecular complexity index is 1330. The number of nitrogens with one attached hydrogen (secondary N) is 2. The van der Waals surface area contributed by atoms with Crippen LogP contribution in [0.25, 0.3) is 11.1 Å². The summed E-state index contributed by atoms with van der Waals surface area (Å²) in [6.07, 6.45) is 2.66. The molecule has 0 aliphatic rings. The van der Waals surface area contributed by atoms with Crippen molar-refractivity contribution in [3.8, 4) is 11.1 Å². The van der Waals surface area contributed by atoms with E-state index in [0.717, 1.165) is 34.6 Å². The molecular weight excluding hydrogens is 422 g/mol. The van der Waals surface area contributed by atoms with Crippen LogP contribution in [0.1, 0.15) is 0 Å². The normalized spacial score (nSPS) is 11.1. The van der Waals surface area contributed by atoms with Gasteiger partial charge in [0.2, 0.25) is 10.0 Å². The van der Waals surface area contributed by atoms with Gasteiger partial charge in [-0.2, -0.15) is 0 Å². The minimum absolute atomic E-state index is 0.521. The third-order valence-electron chi connectivity index (χ3n) is 4.77. The van der Waals surface area contributed by atoms with E-state index in [1.165, 1.54) is 6.33 Å². The maximum Gasteiger partial charge on any atom is 0.229 e. The average Bonchev–Trinajstić information content (AvgIpc) is 2.79. The van der Waals surface area contributed by atoms with Crippen LogP contribution in [0.4, 0.5) is 28.7 Å². The van der Waals surface area contributed by atoms with E-state index in [2.05, 4.69) is 20.0 Å². The van der Waals surface area contributed by atoms with Crippen molar-refractivity contribution in [2.75, 3.05) is 28.2 Å². The van der Waals surface area contributed by atoms with Crippen molar-refractivity contribution >= 4 is 38.7 Å². The highest BCUT2D eigenvalue weighted by atomic mass is 32.2. The lowest BCUT2D eigenvalue weighted by Crippen LogP contribution is -2.11. The molecule has 0 spiro atoms. The van der Waals surface area contributed by atoms with E-state index in [9.17, 15) is 8.42 Å². The number of hydrogen-bond donors (Lipinski definition) is 2. The van der Waals surface area contributed by atoms with E-state index in [4.69, 9.17) is 0 Å². The number of aromatic nitrogens is 2. The lowest BCUT2D eigenvalue weighted by molar-refractivity contribution is 0.607. The zero-order valence-electron chi connectivity index (χ0n) is 17.7. The van der Waals surface area contributed by atoms with E-state index in [0.29, 0.717) is 11.5 Å². The third-order valence-corrected chi connectivity index (χ3v) is 5.38. The fourth-order valence-electron chi connectivity index (χ4n) is 3.28. The van der Waals surface area contributed by atoms with Crippen molar-refractivity contribution in [2.24, 2.45) is 0 Å². The zero-order valence-corrected chi connectivity index (χ0v) is 18.5. The van der Waals surface area contributed by atoms with Crippen LogP contribution in [0.5, 0.6) is 0 Å². The Balaban J connectivity index is 1.56. The van der Waals surface area contributed by atoms with Crippen molar-refractivity contribution in [3.05, 3.63) is 91.3 Å². The summed E-state index contributed by atoms with van der Waals surface area (Å²) in [5.41, 5.74) is 4.25. The molecule has 0 aliphatic carbocycles. The van der Waals surface area contributed by atoms with Gasteiger partial charge in [0.25, 0.3) is 0 Å². The first-order chi connectivity index (χ1) is 15.4. The summed E-state index contributed by atoms with van der Waals surface area (Å²) in [7, 11) is -1.38. The van der Waals surface area contributed by atoms with Gasteiger partial charge < -0.3 is 10.2 Å². The van der Waals surface area contributed by atoms with Gasteiger partial charge in [0.1, 0.15) is 18.0 Å². The molecule has 0 radical (unpaired) electrons. The highest BCUT2D eigenvalue weighted by Gasteiger charge is 2.08. The van der Waals surface area contributed by atoms with Crippen LogP contribution in [0, 0.1) is 0 Å². The van der Waals surface area contributed by atoms with Crippen molar-refractivity contribution in [1.29, 1.82) is 0 Å². The first kappa shape index (κ1) is 21.3. The van der Waals surface area contributed by atoms with Gasteiger partial charge in [-0.1, -0.05) is 42.5 Å². The van der Waals surface area contributed by atoms with Crippen LogP contribution in [0.15, 0.2) is 91.3 Å². The molecule has 1 aromatic heterocycles. The lowest BCUT2D eigenvalue weighted by Gasteiger charge is -2.18. The Kier molecular flexibility index (Phi) is 6.04. The van der Waals surface area contributed by atoms with Crippen molar-refractivity contribution in [1.82, 2.24) is 9.97 Å². The van der Waals surface area contributed by atoms with Gasteiger partial charge in [-0.3, -0.25) is 4.72 Å². The Labute approximate surface area is 187 Å². The van der Waals surface area contributed by atoms with Crippen molar-refractivity contribution in [3.63, 3.8) is 0 Å². The monoisotopic (exact) mass is 445 g/mol. The Hall–Kier alpha value is -3.91. The van der Waals surface area contributed by atoms with E-state index in [1.807, 2.05) is 84.7 Å². The minimum atomic E-state index is -3.34. The molecule has 0 unspecified atom stereocenters. The molecule has 0 fully saturated rings.